The van der Waals surface area contributed by atoms with Crippen molar-refractivity contribution in [2.24, 2.45) is 11.1 Å². The SMILES string of the molecule is ON=CC1CCOC1. The van der Waals surface area contributed by atoms with Gasteiger partial charge in [-0.15, -0.1) is 5.16 Å². The maximum atomic E-state index is 8.04. The summed E-state index contributed by atoms with van der Waals surface area (Å²) < 4.78 is 5.01. The summed E-state index contributed by atoms with van der Waals surface area (Å²) in [6.45, 7) is 1.51. The van der Waals surface area contributed by atoms with Crippen LogP contribution in [0.3, 0.4) is 0 Å². The van der Waals surface area contributed by atoms with Crippen molar-refractivity contribution < 1.29 is 9.94 Å². The fourth-order valence-electron chi connectivity index (χ4n) is 0.765. The number of hydrogen-bond acceptors (Lipinski definition) is 3. The fraction of sp³-hybridized carbons (Fsp3) is 0.800. The molecule has 1 fully saturated rings. The first-order chi connectivity index (χ1) is 3.93. The molecule has 3 heteroatoms. The summed E-state index contributed by atoms with van der Waals surface area (Å²) in [5, 5.41) is 11.0. The lowest BCUT2D eigenvalue weighted by Gasteiger charge is -1.92. The van der Waals surface area contributed by atoms with Crippen molar-refractivity contribution in [3.63, 3.8) is 0 Å². The minimum absolute atomic E-state index is 0.347. The second kappa shape index (κ2) is 2.67. The van der Waals surface area contributed by atoms with Gasteiger partial charge in [0.15, 0.2) is 0 Å². The van der Waals surface area contributed by atoms with Crippen LogP contribution in [0.15, 0.2) is 5.16 Å². The molecular formula is C5H9NO2. The molecular weight excluding hydrogens is 106 g/mol. The lowest BCUT2D eigenvalue weighted by molar-refractivity contribution is 0.193. The average molecular weight is 115 g/mol. The van der Waals surface area contributed by atoms with Crippen LogP contribution in [0, 0.1) is 5.92 Å². The molecule has 0 spiro atoms. The first kappa shape index (κ1) is 5.56. The van der Waals surface area contributed by atoms with Gasteiger partial charge in [-0.1, -0.05) is 0 Å². The van der Waals surface area contributed by atoms with Crippen LogP contribution in [-0.4, -0.2) is 24.6 Å². The molecule has 46 valence electrons. The van der Waals surface area contributed by atoms with Gasteiger partial charge in [0.05, 0.1) is 6.61 Å². The molecule has 1 rings (SSSR count). The Balaban J connectivity index is 2.24. The van der Waals surface area contributed by atoms with Gasteiger partial charge in [-0.25, -0.2) is 0 Å². The molecule has 0 bridgehead atoms. The zero-order chi connectivity index (χ0) is 5.82. The summed E-state index contributed by atoms with van der Waals surface area (Å²) in [7, 11) is 0. The van der Waals surface area contributed by atoms with Crippen LogP contribution in [0.4, 0.5) is 0 Å². The van der Waals surface area contributed by atoms with E-state index >= 15 is 0 Å². The quantitative estimate of drug-likeness (QED) is 0.307. The molecule has 8 heavy (non-hydrogen) atoms. The molecule has 0 aromatic rings. The molecule has 3 nitrogen and oxygen atoms in total. The zero-order valence-electron chi connectivity index (χ0n) is 4.58. The highest BCUT2D eigenvalue weighted by Crippen LogP contribution is 2.08. The van der Waals surface area contributed by atoms with Gasteiger partial charge in [-0.3, -0.25) is 0 Å². The summed E-state index contributed by atoms with van der Waals surface area (Å²) in [6.07, 6.45) is 2.51. The lowest BCUT2D eigenvalue weighted by Crippen LogP contribution is -1.99. The Morgan fingerprint density at radius 3 is 3.12 bits per heavy atom. The molecule has 1 N–H and O–H groups in total. The van der Waals surface area contributed by atoms with Crippen molar-refractivity contribution in [3.05, 3.63) is 0 Å². The van der Waals surface area contributed by atoms with E-state index < -0.39 is 0 Å². The highest BCUT2D eigenvalue weighted by atomic mass is 16.5. The predicted molar refractivity (Wildman–Crippen MR) is 29.2 cm³/mol. The molecule has 0 radical (unpaired) electrons. The molecule has 0 aliphatic carbocycles. The van der Waals surface area contributed by atoms with Crippen LogP contribution in [0.25, 0.3) is 0 Å². The second-order valence-corrected chi connectivity index (χ2v) is 1.89. The minimum Gasteiger partial charge on any atom is -0.411 e. The van der Waals surface area contributed by atoms with Crippen molar-refractivity contribution in [3.8, 4) is 0 Å². The van der Waals surface area contributed by atoms with E-state index in [2.05, 4.69) is 5.16 Å². The molecule has 1 heterocycles. The van der Waals surface area contributed by atoms with Gasteiger partial charge in [0.25, 0.3) is 0 Å². The van der Waals surface area contributed by atoms with Gasteiger partial charge in [-0.2, -0.15) is 0 Å². The monoisotopic (exact) mass is 115 g/mol. The van der Waals surface area contributed by atoms with E-state index in [0.717, 1.165) is 13.0 Å². The topological polar surface area (TPSA) is 41.8 Å². The average Bonchev–Trinajstić information content (AvgIpc) is 2.19. The van der Waals surface area contributed by atoms with Crippen LogP contribution in [0.1, 0.15) is 6.42 Å². The van der Waals surface area contributed by atoms with Crippen LogP contribution in [0.5, 0.6) is 0 Å². The molecule has 0 aromatic heterocycles. The Bertz CT molecular complexity index is 86.4. The number of rotatable bonds is 1. The summed E-state index contributed by atoms with van der Waals surface area (Å²) >= 11 is 0. The Labute approximate surface area is 48.0 Å². The van der Waals surface area contributed by atoms with E-state index in [1.807, 2.05) is 0 Å². The first-order valence-electron chi connectivity index (χ1n) is 2.69. The van der Waals surface area contributed by atoms with E-state index in [9.17, 15) is 0 Å². The molecule has 1 saturated heterocycles. The molecule has 1 atom stereocenters. The van der Waals surface area contributed by atoms with E-state index in [-0.39, 0.29) is 0 Å². The second-order valence-electron chi connectivity index (χ2n) is 1.89. The Morgan fingerprint density at radius 2 is 2.62 bits per heavy atom. The first-order valence-corrected chi connectivity index (χ1v) is 2.69. The summed E-state index contributed by atoms with van der Waals surface area (Å²) in [5.74, 6) is 0.347. The van der Waals surface area contributed by atoms with Crippen LogP contribution < -0.4 is 0 Å². The summed E-state index contributed by atoms with van der Waals surface area (Å²) in [6, 6.07) is 0. The van der Waals surface area contributed by atoms with Gasteiger partial charge in [0.1, 0.15) is 0 Å². The number of oxime groups is 1. The van der Waals surface area contributed by atoms with Crippen molar-refractivity contribution in [2.45, 2.75) is 6.42 Å². The zero-order valence-corrected chi connectivity index (χ0v) is 4.58. The van der Waals surface area contributed by atoms with Crippen LogP contribution in [0.2, 0.25) is 0 Å². The number of nitrogens with zero attached hydrogens (tertiary/aromatic N) is 1. The Kier molecular flexibility index (Phi) is 1.86. The van der Waals surface area contributed by atoms with Crippen molar-refractivity contribution >= 4 is 6.21 Å². The van der Waals surface area contributed by atoms with E-state index in [4.69, 9.17) is 9.94 Å². The molecule has 0 saturated carbocycles. The maximum Gasteiger partial charge on any atom is 0.0545 e. The normalized spacial score (nSPS) is 29.8. The summed E-state index contributed by atoms with van der Waals surface area (Å²) in [5.41, 5.74) is 0. The molecule has 0 aromatic carbocycles. The standard InChI is InChI=1S/C5H9NO2/c7-6-3-5-1-2-8-4-5/h3,5,7H,1-2,4H2. The molecule has 1 aliphatic rings. The van der Waals surface area contributed by atoms with Gasteiger partial charge < -0.3 is 9.94 Å². The van der Waals surface area contributed by atoms with Gasteiger partial charge >= 0.3 is 0 Å². The van der Waals surface area contributed by atoms with Crippen molar-refractivity contribution in [2.75, 3.05) is 13.2 Å². The van der Waals surface area contributed by atoms with Gasteiger partial charge in [-0.05, 0) is 6.42 Å². The largest absolute Gasteiger partial charge is 0.411 e. The van der Waals surface area contributed by atoms with Crippen molar-refractivity contribution in [1.29, 1.82) is 0 Å². The fourth-order valence-corrected chi connectivity index (χ4v) is 0.765. The summed E-state index contributed by atoms with van der Waals surface area (Å²) in [4.78, 5) is 0. The minimum atomic E-state index is 0.347. The predicted octanol–water partition coefficient (Wildman–Crippen LogP) is 0.483. The Morgan fingerprint density at radius 1 is 1.75 bits per heavy atom. The highest BCUT2D eigenvalue weighted by molar-refractivity contribution is 5.60. The lowest BCUT2D eigenvalue weighted by atomic mass is 10.1. The van der Waals surface area contributed by atoms with Crippen LogP contribution in [-0.2, 0) is 4.74 Å². The smallest absolute Gasteiger partial charge is 0.0545 e. The third-order valence-electron chi connectivity index (χ3n) is 1.24. The number of hydrogen-bond donors (Lipinski definition) is 1. The Hall–Kier alpha value is -0.570. The van der Waals surface area contributed by atoms with Gasteiger partial charge in [0.2, 0.25) is 0 Å². The van der Waals surface area contributed by atoms with E-state index in [0.29, 0.717) is 12.5 Å². The highest BCUT2D eigenvalue weighted by Gasteiger charge is 2.12. The molecule has 0 amide bonds. The van der Waals surface area contributed by atoms with E-state index in [1.54, 1.807) is 0 Å². The van der Waals surface area contributed by atoms with Gasteiger partial charge in [0, 0.05) is 18.7 Å². The number of ether oxygens (including phenoxy) is 1. The molecule has 1 aliphatic heterocycles. The third kappa shape index (κ3) is 1.20. The van der Waals surface area contributed by atoms with E-state index in [1.165, 1.54) is 6.21 Å². The van der Waals surface area contributed by atoms with Crippen molar-refractivity contribution in [1.82, 2.24) is 0 Å². The molecule has 1 unspecified atom stereocenters. The van der Waals surface area contributed by atoms with Crippen LogP contribution >= 0.6 is 0 Å². The maximum absolute atomic E-state index is 8.04. The third-order valence-corrected chi connectivity index (χ3v) is 1.24.